The molecule has 0 spiro atoms. The second-order valence-corrected chi connectivity index (χ2v) is 7.85. The second-order valence-electron chi connectivity index (χ2n) is 7.85. The van der Waals surface area contributed by atoms with Crippen LogP contribution in [0, 0.1) is 0 Å². The molecule has 0 aliphatic rings. The lowest BCUT2D eigenvalue weighted by Crippen LogP contribution is -2.21. The number of H-pyrrole nitrogens is 1. The zero-order chi connectivity index (χ0) is 18.9. The Hall–Kier alpha value is -2.69. The topological polar surface area (TPSA) is 61.9 Å². The number of carbonyl (C=O) groups is 1. The van der Waals surface area contributed by atoms with Gasteiger partial charge in [-0.2, -0.15) is 0 Å². The van der Waals surface area contributed by atoms with Crippen molar-refractivity contribution in [2.75, 3.05) is 14.1 Å². The number of carbonyl (C=O) groups excluding carboxylic acids is 1. The summed E-state index contributed by atoms with van der Waals surface area (Å²) in [4.78, 5) is 26.0. The highest BCUT2D eigenvalue weighted by atomic mass is 16.2. The van der Waals surface area contributed by atoms with E-state index >= 15 is 0 Å². The maximum absolute atomic E-state index is 12.1. The normalized spacial score (nSPS) is 11.7. The first-order valence-corrected chi connectivity index (χ1v) is 8.90. The number of aromatic amines is 1. The number of aryl methyl sites for hydroxylation is 1. The standard InChI is InChI=1S/C21H26N4O/c1-21(2,3)15-8-6-14(7-9-15)18-16(10-11-17(26)25(4)5)19-20(24-18)23-13-12-22-19/h6-9,12-13H,10-11H2,1-5H3,(H,23,24). The van der Waals surface area contributed by atoms with Gasteiger partial charge < -0.3 is 9.88 Å². The van der Waals surface area contributed by atoms with Crippen LogP contribution in [0.1, 0.15) is 38.3 Å². The SMILES string of the molecule is CN(C)C(=O)CCc1c(-c2ccc(C(C)(C)C)cc2)[nH]c2nccnc12. The Balaban J connectivity index is 2.02. The van der Waals surface area contributed by atoms with Gasteiger partial charge in [0.05, 0.1) is 5.69 Å². The van der Waals surface area contributed by atoms with Crippen LogP contribution < -0.4 is 0 Å². The smallest absolute Gasteiger partial charge is 0.222 e. The van der Waals surface area contributed by atoms with Gasteiger partial charge in [-0.15, -0.1) is 0 Å². The molecule has 2 aromatic heterocycles. The third-order valence-corrected chi connectivity index (χ3v) is 4.66. The molecular formula is C21H26N4O. The number of nitrogens with zero attached hydrogens (tertiary/aromatic N) is 3. The lowest BCUT2D eigenvalue weighted by molar-refractivity contribution is -0.128. The molecule has 0 radical (unpaired) electrons. The number of hydrogen-bond donors (Lipinski definition) is 1. The zero-order valence-electron chi connectivity index (χ0n) is 16.1. The first-order chi connectivity index (χ1) is 12.3. The van der Waals surface area contributed by atoms with Crippen molar-refractivity contribution < 1.29 is 4.79 Å². The lowest BCUT2D eigenvalue weighted by Gasteiger charge is -2.19. The minimum absolute atomic E-state index is 0.109. The van der Waals surface area contributed by atoms with Crippen LogP contribution in [0.4, 0.5) is 0 Å². The number of nitrogens with one attached hydrogen (secondary N) is 1. The first-order valence-electron chi connectivity index (χ1n) is 8.90. The fourth-order valence-corrected chi connectivity index (χ4v) is 3.04. The maximum Gasteiger partial charge on any atom is 0.222 e. The number of hydrogen-bond acceptors (Lipinski definition) is 3. The van der Waals surface area contributed by atoms with Gasteiger partial charge in [0.25, 0.3) is 0 Å². The number of aromatic nitrogens is 3. The Morgan fingerprint density at radius 2 is 1.73 bits per heavy atom. The van der Waals surface area contributed by atoms with E-state index in [9.17, 15) is 4.79 Å². The van der Waals surface area contributed by atoms with Crippen molar-refractivity contribution in [2.45, 2.75) is 39.0 Å². The summed E-state index contributed by atoms with van der Waals surface area (Å²) >= 11 is 0. The summed E-state index contributed by atoms with van der Waals surface area (Å²) < 4.78 is 0. The van der Waals surface area contributed by atoms with Crippen LogP contribution >= 0.6 is 0 Å². The molecule has 2 heterocycles. The predicted octanol–water partition coefficient (Wildman–Crippen LogP) is 3.94. The summed E-state index contributed by atoms with van der Waals surface area (Å²) in [6, 6.07) is 8.58. The average Bonchev–Trinajstić information content (AvgIpc) is 2.97. The molecule has 0 atom stereocenters. The third kappa shape index (κ3) is 3.62. The van der Waals surface area contributed by atoms with Gasteiger partial charge in [-0.1, -0.05) is 45.0 Å². The van der Waals surface area contributed by atoms with Crippen LogP contribution in [-0.2, 0) is 16.6 Å². The molecule has 0 unspecified atom stereocenters. The van der Waals surface area contributed by atoms with E-state index in [1.54, 1.807) is 31.4 Å². The molecule has 3 rings (SSSR count). The molecule has 0 aliphatic heterocycles. The Morgan fingerprint density at radius 1 is 1.08 bits per heavy atom. The second kappa shape index (κ2) is 6.90. The molecule has 0 saturated heterocycles. The fraction of sp³-hybridized carbons (Fsp3) is 0.381. The van der Waals surface area contributed by atoms with E-state index in [0.717, 1.165) is 28.0 Å². The average molecular weight is 350 g/mol. The van der Waals surface area contributed by atoms with Crippen LogP contribution in [0.5, 0.6) is 0 Å². The first kappa shape index (κ1) is 18.1. The van der Waals surface area contributed by atoms with Gasteiger partial charge in [0.15, 0.2) is 5.65 Å². The van der Waals surface area contributed by atoms with Gasteiger partial charge in [0.2, 0.25) is 5.91 Å². The quantitative estimate of drug-likeness (QED) is 0.775. The Kier molecular flexibility index (Phi) is 4.81. The largest absolute Gasteiger partial charge is 0.349 e. The van der Waals surface area contributed by atoms with E-state index in [4.69, 9.17) is 0 Å². The summed E-state index contributed by atoms with van der Waals surface area (Å²) in [6.07, 6.45) is 4.45. The summed E-state index contributed by atoms with van der Waals surface area (Å²) in [6.45, 7) is 6.62. The van der Waals surface area contributed by atoms with E-state index in [2.05, 4.69) is 60.0 Å². The van der Waals surface area contributed by atoms with Crippen LogP contribution in [-0.4, -0.2) is 39.9 Å². The van der Waals surface area contributed by atoms with Crippen LogP contribution in [0.2, 0.25) is 0 Å². The molecule has 1 amide bonds. The molecule has 0 aliphatic carbocycles. The highest BCUT2D eigenvalue weighted by Crippen LogP contribution is 2.31. The Labute approximate surface area is 154 Å². The van der Waals surface area contributed by atoms with E-state index in [1.165, 1.54) is 5.56 Å². The molecule has 0 fully saturated rings. The van der Waals surface area contributed by atoms with E-state index < -0.39 is 0 Å². The van der Waals surface area contributed by atoms with Crippen molar-refractivity contribution >= 4 is 17.1 Å². The molecule has 5 heteroatoms. The lowest BCUT2D eigenvalue weighted by atomic mass is 9.86. The molecule has 3 aromatic rings. The van der Waals surface area contributed by atoms with Gasteiger partial charge >= 0.3 is 0 Å². The number of amides is 1. The molecule has 136 valence electrons. The van der Waals surface area contributed by atoms with Crippen LogP contribution in [0.15, 0.2) is 36.7 Å². The van der Waals surface area contributed by atoms with Gasteiger partial charge in [0.1, 0.15) is 5.52 Å². The van der Waals surface area contributed by atoms with Crippen molar-refractivity contribution in [1.29, 1.82) is 0 Å². The third-order valence-electron chi connectivity index (χ3n) is 4.66. The number of rotatable bonds is 4. The molecule has 0 saturated carbocycles. The van der Waals surface area contributed by atoms with E-state index in [1.807, 2.05) is 0 Å². The summed E-state index contributed by atoms with van der Waals surface area (Å²) in [7, 11) is 3.56. The molecule has 0 bridgehead atoms. The molecule has 5 nitrogen and oxygen atoms in total. The Morgan fingerprint density at radius 3 is 2.35 bits per heavy atom. The summed E-state index contributed by atoms with van der Waals surface area (Å²) in [5.74, 6) is 0.109. The van der Waals surface area contributed by atoms with Crippen molar-refractivity contribution in [1.82, 2.24) is 19.9 Å². The van der Waals surface area contributed by atoms with Crippen molar-refractivity contribution in [2.24, 2.45) is 0 Å². The summed E-state index contributed by atoms with van der Waals surface area (Å²) in [5.41, 5.74) is 6.14. The highest BCUT2D eigenvalue weighted by molar-refractivity contribution is 5.86. The molecule has 1 aromatic carbocycles. The molecule has 1 N–H and O–H groups in total. The van der Waals surface area contributed by atoms with E-state index in [-0.39, 0.29) is 11.3 Å². The Bertz CT molecular complexity index is 917. The van der Waals surface area contributed by atoms with Crippen LogP contribution in [0.25, 0.3) is 22.4 Å². The maximum atomic E-state index is 12.1. The van der Waals surface area contributed by atoms with Crippen molar-refractivity contribution in [3.05, 3.63) is 47.8 Å². The zero-order valence-corrected chi connectivity index (χ0v) is 16.1. The monoisotopic (exact) mass is 350 g/mol. The van der Waals surface area contributed by atoms with Gasteiger partial charge in [-0.05, 0) is 23.0 Å². The van der Waals surface area contributed by atoms with Gasteiger partial charge in [0, 0.05) is 38.5 Å². The minimum atomic E-state index is 0.109. The van der Waals surface area contributed by atoms with Gasteiger partial charge in [-0.25, -0.2) is 4.98 Å². The van der Waals surface area contributed by atoms with Crippen LogP contribution in [0.3, 0.4) is 0 Å². The van der Waals surface area contributed by atoms with Crippen molar-refractivity contribution in [3.63, 3.8) is 0 Å². The number of benzene rings is 1. The number of fused-ring (bicyclic) bond motifs is 1. The van der Waals surface area contributed by atoms with Crippen molar-refractivity contribution in [3.8, 4) is 11.3 Å². The predicted molar refractivity (Wildman–Crippen MR) is 105 cm³/mol. The fourth-order valence-electron chi connectivity index (χ4n) is 3.04. The van der Waals surface area contributed by atoms with E-state index in [0.29, 0.717) is 12.8 Å². The summed E-state index contributed by atoms with van der Waals surface area (Å²) in [5, 5.41) is 0. The minimum Gasteiger partial charge on any atom is -0.349 e. The molecule has 26 heavy (non-hydrogen) atoms. The van der Waals surface area contributed by atoms with Gasteiger partial charge in [-0.3, -0.25) is 9.78 Å². The highest BCUT2D eigenvalue weighted by Gasteiger charge is 2.18. The molecular weight excluding hydrogens is 324 g/mol.